The average Bonchev–Trinajstić information content (AvgIpc) is 3.31. The van der Waals surface area contributed by atoms with Crippen LogP contribution in [0.15, 0.2) is 57.6 Å². The molecule has 3 N–H and O–H groups in total. The number of rotatable bonds is 4. The molecule has 0 bridgehead atoms. The second-order valence-electron chi connectivity index (χ2n) is 6.51. The fraction of sp³-hybridized carbons (Fsp3) is 0.105. The zero-order valence-electron chi connectivity index (χ0n) is 15.4. The summed E-state index contributed by atoms with van der Waals surface area (Å²) in [6, 6.07) is 11.8. The first-order chi connectivity index (χ1) is 14.5. The van der Waals surface area contributed by atoms with Gasteiger partial charge in [0.25, 0.3) is 0 Å². The Morgan fingerprint density at radius 1 is 1.17 bits per heavy atom. The minimum Gasteiger partial charge on any atom is -0.376 e. The van der Waals surface area contributed by atoms with E-state index in [2.05, 4.69) is 25.3 Å². The Morgan fingerprint density at radius 2 is 2.00 bits per heavy atom. The molecule has 9 nitrogen and oxygen atoms in total. The van der Waals surface area contributed by atoms with Crippen molar-refractivity contribution in [2.75, 3.05) is 0 Å². The number of carbonyl (C=O) groups is 1. The smallest absolute Gasteiger partial charge is 0.376 e. The Balaban J connectivity index is 1.44. The monoisotopic (exact) mass is 423 g/mol. The number of nitrogens with two attached hydrogens (primary N) is 1. The lowest BCUT2D eigenvalue weighted by molar-refractivity contribution is 0.207. The molecule has 0 radical (unpaired) electrons. The van der Waals surface area contributed by atoms with Crippen LogP contribution >= 0.6 is 11.8 Å². The van der Waals surface area contributed by atoms with E-state index >= 15 is 0 Å². The van der Waals surface area contributed by atoms with Crippen molar-refractivity contribution in [3.05, 3.63) is 59.7 Å². The summed E-state index contributed by atoms with van der Waals surface area (Å²) in [5, 5.41) is 13.8. The lowest BCUT2D eigenvalue weighted by atomic mass is 10.0. The minimum absolute atomic E-state index is 0.0352. The Hall–Kier alpha value is -3.73. The number of fused-ring (bicyclic) bond motifs is 2. The highest BCUT2D eigenvalue weighted by molar-refractivity contribution is 7.99. The first-order valence-electron chi connectivity index (χ1n) is 8.98. The molecule has 2 aromatic carbocycles. The van der Waals surface area contributed by atoms with Gasteiger partial charge < -0.3 is 15.5 Å². The number of imidazole rings is 1. The summed E-state index contributed by atoms with van der Waals surface area (Å²) in [6.45, 7) is 0. The maximum atomic E-state index is 13.2. The van der Waals surface area contributed by atoms with Crippen LogP contribution in [0.25, 0.3) is 11.0 Å². The normalized spacial score (nSPS) is 13.2. The zero-order valence-corrected chi connectivity index (χ0v) is 16.2. The summed E-state index contributed by atoms with van der Waals surface area (Å²) in [5.74, 6) is 0.484. The van der Waals surface area contributed by atoms with E-state index in [1.165, 1.54) is 23.9 Å². The fourth-order valence-corrected chi connectivity index (χ4v) is 3.98. The van der Waals surface area contributed by atoms with E-state index in [4.69, 9.17) is 10.5 Å². The molecule has 0 spiro atoms. The zero-order chi connectivity index (χ0) is 20.7. The van der Waals surface area contributed by atoms with Crippen LogP contribution in [0.4, 0.5) is 9.18 Å². The van der Waals surface area contributed by atoms with E-state index in [0.29, 0.717) is 29.0 Å². The van der Waals surface area contributed by atoms with E-state index in [1.807, 2.05) is 12.1 Å². The molecule has 150 valence electrons. The molecule has 0 aliphatic carbocycles. The van der Waals surface area contributed by atoms with E-state index in [9.17, 15) is 9.18 Å². The quantitative estimate of drug-likeness (QED) is 0.520. The number of amides is 1. The van der Waals surface area contributed by atoms with Crippen LogP contribution in [0.1, 0.15) is 17.8 Å². The molecule has 1 aliphatic rings. The van der Waals surface area contributed by atoms with Crippen molar-refractivity contribution in [1.29, 1.82) is 0 Å². The van der Waals surface area contributed by atoms with Crippen molar-refractivity contribution in [3.63, 3.8) is 0 Å². The molecule has 3 heterocycles. The fourth-order valence-electron chi connectivity index (χ4n) is 3.14. The van der Waals surface area contributed by atoms with E-state index in [-0.39, 0.29) is 11.8 Å². The number of nitrogens with zero attached hydrogens (tertiary/aromatic N) is 5. The van der Waals surface area contributed by atoms with Crippen LogP contribution in [0.3, 0.4) is 0 Å². The molecule has 0 saturated heterocycles. The van der Waals surface area contributed by atoms with Gasteiger partial charge in [0.05, 0.1) is 16.7 Å². The third-order valence-electron chi connectivity index (χ3n) is 4.50. The van der Waals surface area contributed by atoms with Crippen LogP contribution in [0, 0.1) is 5.82 Å². The molecule has 4 aromatic rings. The summed E-state index contributed by atoms with van der Waals surface area (Å²) >= 11 is 1.39. The number of hydrogen-bond acceptors (Lipinski definition) is 7. The molecule has 0 atom stereocenters. The average molecular weight is 423 g/mol. The highest BCUT2D eigenvalue weighted by Crippen LogP contribution is 2.31. The number of nitrogens with one attached hydrogen (secondary N) is 1. The number of H-pyrrole nitrogens is 1. The van der Waals surface area contributed by atoms with Gasteiger partial charge >= 0.3 is 12.1 Å². The summed E-state index contributed by atoms with van der Waals surface area (Å²) in [5.41, 5.74) is 8.05. The minimum atomic E-state index is -0.937. The molecule has 11 heteroatoms. The number of aryl methyl sites for hydroxylation is 1. The van der Waals surface area contributed by atoms with Crippen LogP contribution in [0.2, 0.25) is 0 Å². The number of benzene rings is 2. The summed E-state index contributed by atoms with van der Waals surface area (Å²) in [6.07, 6.45) is 0.461. The van der Waals surface area contributed by atoms with Crippen LogP contribution in [0.5, 0.6) is 6.01 Å². The SMILES string of the molecule is NC(=O)Oc1nc2ccc(Sc3nnc4n3N=C(c3ccc(F)cc3)CC4)cc2[nH]1. The largest absolute Gasteiger partial charge is 0.412 e. The van der Waals surface area contributed by atoms with Crippen molar-refractivity contribution in [2.45, 2.75) is 22.9 Å². The Morgan fingerprint density at radius 3 is 2.80 bits per heavy atom. The second-order valence-corrected chi connectivity index (χ2v) is 7.55. The third-order valence-corrected chi connectivity index (χ3v) is 5.43. The van der Waals surface area contributed by atoms with Crippen molar-refractivity contribution < 1.29 is 13.9 Å². The number of primary amides is 1. The number of ether oxygens (including phenoxy) is 1. The predicted octanol–water partition coefficient (Wildman–Crippen LogP) is 3.10. The number of carbonyl (C=O) groups excluding carboxylic acids is 1. The van der Waals surface area contributed by atoms with E-state index in [0.717, 1.165) is 22.0 Å². The predicted molar refractivity (Wildman–Crippen MR) is 107 cm³/mol. The molecule has 5 rings (SSSR count). The molecule has 1 amide bonds. The molecule has 0 unspecified atom stereocenters. The summed E-state index contributed by atoms with van der Waals surface area (Å²) in [7, 11) is 0. The van der Waals surface area contributed by atoms with Crippen LogP contribution < -0.4 is 10.5 Å². The Labute approximate surface area is 173 Å². The van der Waals surface area contributed by atoms with Crippen LogP contribution in [-0.4, -0.2) is 36.6 Å². The van der Waals surface area contributed by atoms with Gasteiger partial charge in [0.2, 0.25) is 5.16 Å². The molecule has 2 aromatic heterocycles. The Kier molecular flexibility index (Phi) is 4.43. The standard InChI is InChI=1S/C19H14FN7O2S/c20-11-3-1-10(2-4-11)13-7-8-16-24-25-19(27(16)26-13)30-12-5-6-14-15(9-12)23-18(22-14)29-17(21)28/h1-6,9H,7-8H2,(H2,21,28)(H,22,23). The van der Waals surface area contributed by atoms with Crippen molar-refractivity contribution in [3.8, 4) is 6.01 Å². The number of aromatic amines is 1. The van der Waals surface area contributed by atoms with Gasteiger partial charge in [-0.15, -0.1) is 10.2 Å². The van der Waals surface area contributed by atoms with Crippen LogP contribution in [-0.2, 0) is 6.42 Å². The van der Waals surface area contributed by atoms with Gasteiger partial charge in [-0.05, 0) is 54.1 Å². The van der Waals surface area contributed by atoms with Gasteiger partial charge in [-0.2, -0.15) is 14.8 Å². The first kappa shape index (κ1) is 18.3. The molecule has 1 aliphatic heterocycles. The highest BCUT2D eigenvalue weighted by atomic mass is 32.2. The molecule has 30 heavy (non-hydrogen) atoms. The van der Waals surface area contributed by atoms with Crippen molar-refractivity contribution >= 4 is 34.6 Å². The number of halogens is 1. The van der Waals surface area contributed by atoms with Crippen molar-refractivity contribution in [1.82, 2.24) is 24.8 Å². The topological polar surface area (TPSA) is 124 Å². The second kappa shape index (κ2) is 7.26. The first-order valence-corrected chi connectivity index (χ1v) is 9.80. The van der Waals surface area contributed by atoms with E-state index < -0.39 is 6.09 Å². The highest BCUT2D eigenvalue weighted by Gasteiger charge is 2.20. The molecule has 0 saturated carbocycles. The van der Waals surface area contributed by atoms with Crippen molar-refractivity contribution in [2.24, 2.45) is 10.8 Å². The molecular weight excluding hydrogens is 409 g/mol. The number of hydrogen-bond donors (Lipinski definition) is 2. The van der Waals surface area contributed by atoms with Gasteiger partial charge in [0.1, 0.15) is 5.82 Å². The maximum absolute atomic E-state index is 13.2. The summed E-state index contributed by atoms with van der Waals surface area (Å²) < 4.78 is 19.7. The third kappa shape index (κ3) is 3.50. The van der Waals surface area contributed by atoms with Gasteiger partial charge in [0.15, 0.2) is 5.82 Å². The van der Waals surface area contributed by atoms with Gasteiger partial charge in [0, 0.05) is 11.3 Å². The summed E-state index contributed by atoms with van der Waals surface area (Å²) in [4.78, 5) is 18.8. The molecular formula is C19H14FN7O2S. The van der Waals surface area contributed by atoms with Gasteiger partial charge in [-0.1, -0.05) is 12.1 Å². The lowest BCUT2D eigenvalue weighted by Gasteiger charge is -2.14. The van der Waals surface area contributed by atoms with Gasteiger partial charge in [-0.3, -0.25) is 0 Å². The lowest BCUT2D eigenvalue weighted by Crippen LogP contribution is -2.16. The molecule has 0 fully saturated rings. The maximum Gasteiger partial charge on any atom is 0.412 e. The van der Waals surface area contributed by atoms with E-state index in [1.54, 1.807) is 22.9 Å². The Bertz CT molecular complexity index is 1300. The van der Waals surface area contributed by atoms with Gasteiger partial charge in [-0.25, -0.2) is 9.18 Å². The number of aromatic nitrogens is 5.